The summed E-state index contributed by atoms with van der Waals surface area (Å²) in [6, 6.07) is 8.32. The Labute approximate surface area is 117 Å². The lowest BCUT2D eigenvalue weighted by Crippen LogP contribution is -2.22. The third kappa shape index (κ3) is 6.63. The zero-order valence-corrected chi connectivity index (χ0v) is 12.6. The van der Waals surface area contributed by atoms with E-state index < -0.39 is 5.60 Å². The first-order valence-electron chi connectivity index (χ1n) is 7.43. The summed E-state index contributed by atoms with van der Waals surface area (Å²) in [5.74, 6) is 0.922. The van der Waals surface area contributed by atoms with Crippen LogP contribution in [-0.2, 0) is 6.42 Å². The van der Waals surface area contributed by atoms with Crippen molar-refractivity contribution < 1.29 is 9.84 Å². The molecule has 0 spiro atoms. The van der Waals surface area contributed by atoms with Crippen molar-refractivity contribution in [3.8, 4) is 5.75 Å². The first kappa shape index (κ1) is 16.0. The maximum atomic E-state index is 9.90. The Morgan fingerprint density at radius 3 is 2.26 bits per heavy atom. The number of methoxy groups -OCH3 is 1. The van der Waals surface area contributed by atoms with Gasteiger partial charge in [0, 0.05) is 0 Å². The standard InChI is InChI=1S/C17H28O2/c1-4-17(2,18)14-8-6-5-7-9-15-10-12-16(19-3)13-11-15/h10-13,18H,4-9,14H2,1-3H3. The van der Waals surface area contributed by atoms with E-state index in [0.717, 1.165) is 31.4 Å². The van der Waals surface area contributed by atoms with Crippen molar-refractivity contribution in [2.24, 2.45) is 0 Å². The van der Waals surface area contributed by atoms with Gasteiger partial charge in [-0.05, 0) is 50.3 Å². The summed E-state index contributed by atoms with van der Waals surface area (Å²) in [5.41, 5.74) is 0.914. The zero-order chi connectivity index (χ0) is 14.1. The zero-order valence-electron chi connectivity index (χ0n) is 12.6. The highest BCUT2D eigenvalue weighted by atomic mass is 16.5. The van der Waals surface area contributed by atoms with Crippen molar-refractivity contribution in [3.05, 3.63) is 29.8 Å². The molecule has 1 N–H and O–H groups in total. The molecule has 108 valence electrons. The van der Waals surface area contributed by atoms with Crippen LogP contribution in [0.1, 0.15) is 57.9 Å². The Morgan fingerprint density at radius 1 is 1.05 bits per heavy atom. The molecule has 0 amide bonds. The Kier molecular flexibility index (Phi) is 6.93. The van der Waals surface area contributed by atoms with E-state index in [0.29, 0.717) is 0 Å². The molecule has 0 aromatic heterocycles. The third-order valence-corrected chi connectivity index (χ3v) is 3.85. The molecule has 0 fully saturated rings. The van der Waals surface area contributed by atoms with Crippen molar-refractivity contribution in [2.75, 3.05) is 7.11 Å². The number of aliphatic hydroxyl groups is 1. The van der Waals surface area contributed by atoms with Gasteiger partial charge in [0.1, 0.15) is 5.75 Å². The number of aryl methyl sites for hydroxylation is 1. The van der Waals surface area contributed by atoms with Gasteiger partial charge < -0.3 is 9.84 Å². The maximum absolute atomic E-state index is 9.90. The van der Waals surface area contributed by atoms with Gasteiger partial charge in [0.15, 0.2) is 0 Å². The molecule has 0 aliphatic rings. The summed E-state index contributed by atoms with van der Waals surface area (Å²) in [7, 11) is 1.69. The number of benzene rings is 1. The second kappa shape index (κ2) is 8.21. The highest BCUT2D eigenvalue weighted by Gasteiger charge is 2.15. The summed E-state index contributed by atoms with van der Waals surface area (Å²) in [4.78, 5) is 0. The molecule has 1 atom stereocenters. The van der Waals surface area contributed by atoms with E-state index in [2.05, 4.69) is 12.1 Å². The molecule has 1 aromatic carbocycles. The Hall–Kier alpha value is -1.02. The molecule has 0 aliphatic carbocycles. The normalized spacial score (nSPS) is 14.1. The summed E-state index contributed by atoms with van der Waals surface area (Å²) in [6.07, 6.45) is 7.71. The largest absolute Gasteiger partial charge is 0.497 e. The monoisotopic (exact) mass is 264 g/mol. The van der Waals surface area contributed by atoms with Crippen molar-refractivity contribution in [3.63, 3.8) is 0 Å². The lowest BCUT2D eigenvalue weighted by atomic mass is 9.95. The number of rotatable bonds is 9. The molecule has 1 rings (SSSR count). The van der Waals surface area contributed by atoms with Gasteiger partial charge in [0.25, 0.3) is 0 Å². The first-order valence-corrected chi connectivity index (χ1v) is 7.43. The fourth-order valence-electron chi connectivity index (χ4n) is 2.16. The van der Waals surface area contributed by atoms with Gasteiger partial charge in [-0.3, -0.25) is 0 Å². The minimum absolute atomic E-state index is 0.462. The van der Waals surface area contributed by atoms with E-state index >= 15 is 0 Å². The van der Waals surface area contributed by atoms with Crippen molar-refractivity contribution in [2.45, 2.75) is 64.4 Å². The molecule has 2 heteroatoms. The van der Waals surface area contributed by atoms with Gasteiger partial charge in [0.05, 0.1) is 12.7 Å². The first-order chi connectivity index (χ1) is 9.07. The van der Waals surface area contributed by atoms with Crippen LogP contribution in [0.25, 0.3) is 0 Å². The summed E-state index contributed by atoms with van der Waals surface area (Å²) >= 11 is 0. The van der Waals surface area contributed by atoms with Crippen LogP contribution in [0, 0.1) is 0 Å². The minimum atomic E-state index is -0.462. The number of hydrogen-bond donors (Lipinski definition) is 1. The highest BCUT2D eigenvalue weighted by Crippen LogP contribution is 2.19. The molecule has 0 heterocycles. The number of unbranched alkanes of at least 4 members (excludes halogenated alkanes) is 3. The van der Waals surface area contributed by atoms with Crippen LogP contribution in [0.3, 0.4) is 0 Å². The number of ether oxygens (including phenoxy) is 1. The van der Waals surface area contributed by atoms with E-state index in [1.165, 1.54) is 24.8 Å². The van der Waals surface area contributed by atoms with Gasteiger partial charge in [-0.2, -0.15) is 0 Å². The van der Waals surface area contributed by atoms with E-state index in [1.54, 1.807) is 7.11 Å². The summed E-state index contributed by atoms with van der Waals surface area (Å²) in [5, 5.41) is 9.90. The van der Waals surface area contributed by atoms with Crippen molar-refractivity contribution in [1.82, 2.24) is 0 Å². The smallest absolute Gasteiger partial charge is 0.118 e. The average molecular weight is 264 g/mol. The van der Waals surface area contributed by atoms with Crippen molar-refractivity contribution >= 4 is 0 Å². The lowest BCUT2D eigenvalue weighted by molar-refractivity contribution is 0.0442. The van der Waals surface area contributed by atoms with Gasteiger partial charge in [-0.15, -0.1) is 0 Å². The van der Waals surface area contributed by atoms with Crippen molar-refractivity contribution in [1.29, 1.82) is 0 Å². The molecule has 1 unspecified atom stereocenters. The second-order valence-electron chi connectivity index (χ2n) is 5.61. The van der Waals surface area contributed by atoms with Crippen LogP contribution >= 0.6 is 0 Å². The van der Waals surface area contributed by atoms with Gasteiger partial charge in [0.2, 0.25) is 0 Å². The van der Waals surface area contributed by atoms with E-state index in [-0.39, 0.29) is 0 Å². The third-order valence-electron chi connectivity index (χ3n) is 3.85. The van der Waals surface area contributed by atoms with E-state index in [4.69, 9.17) is 4.74 Å². The summed E-state index contributed by atoms with van der Waals surface area (Å²) < 4.78 is 5.15. The van der Waals surface area contributed by atoms with Crippen LogP contribution in [0.2, 0.25) is 0 Å². The second-order valence-corrected chi connectivity index (χ2v) is 5.61. The quantitative estimate of drug-likeness (QED) is 0.672. The molecule has 2 nitrogen and oxygen atoms in total. The molecule has 0 radical (unpaired) electrons. The summed E-state index contributed by atoms with van der Waals surface area (Å²) in [6.45, 7) is 3.98. The Bertz CT molecular complexity index is 341. The van der Waals surface area contributed by atoms with Crippen LogP contribution in [0.5, 0.6) is 5.75 Å². The molecular weight excluding hydrogens is 236 g/mol. The molecule has 19 heavy (non-hydrogen) atoms. The van der Waals surface area contributed by atoms with E-state index in [1.807, 2.05) is 26.0 Å². The predicted octanol–water partition coefficient (Wildman–Crippen LogP) is 4.35. The SMILES string of the molecule is CCC(C)(O)CCCCCCc1ccc(OC)cc1. The van der Waals surface area contributed by atoms with E-state index in [9.17, 15) is 5.11 Å². The highest BCUT2D eigenvalue weighted by molar-refractivity contribution is 5.27. The van der Waals surface area contributed by atoms with Gasteiger partial charge >= 0.3 is 0 Å². The van der Waals surface area contributed by atoms with Crippen LogP contribution in [-0.4, -0.2) is 17.8 Å². The fourth-order valence-corrected chi connectivity index (χ4v) is 2.16. The minimum Gasteiger partial charge on any atom is -0.497 e. The average Bonchev–Trinajstić information content (AvgIpc) is 2.43. The molecular formula is C17H28O2. The number of hydrogen-bond acceptors (Lipinski definition) is 2. The van der Waals surface area contributed by atoms with Crippen LogP contribution in [0.4, 0.5) is 0 Å². The Morgan fingerprint density at radius 2 is 1.68 bits per heavy atom. The fraction of sp³-hybridized carbons (Fsp3) is 0.647. The molecule has 1 aromatic rings. The van der Waals surface area contributed by atoms with Gasteiger partial charge in [-0.25, -0.2) is 0 Å². The van der Waals surface area contributed by atoms with Crippen LogP contribution in [0.15, 0.2) is 24.3 Å². The topological polar surface area (TPSA) is 29.5 Å². The molecule has 0 bridgehead atoms. The predicted molar refractivity (Wildman–Crippen MR) is 80.7 cm³/mol. The Balaban J connectivity index is 2.10. The maximum Gasteiger partial charge on any atom is 0.118 e. The van der Waals surface area contributed by atoms with Gasteiger partial charge in [-0.1, -0.05) is 38.3 Å². The molecule has 0 saturated carbocycles. The van der Waals surface area contributed by atoms with Crippen LogP contribution < -0.4 is 4.74 Å². The lowest BCUT2D eigenvalue weighted by Gasteiger charge is -2.20. The molecule has 0 saturated heterocycles. The molecule has 0 aliphatic heterocycles.